The molecular weight excluding hydrogens is 252 g/mol. The number of ether oxygens (including phenoxy) is 2. The van der Waals surface area contributed by atoms with Crippen LogP contribution in [0.15, 0.2) is 24.3 Å². The van der Waals surface area contributed by atoms with Crippen molar-refractivity contribution in [3.05, 3.63) is 29.8 Å². The van der Waals surface area contributed by atoms with Crippen molar-refractivity contribution in [1.29, 1.82) is 0 Å². The molecule has 20 heavy (non-hydrogen) atoms. The zero-order valence-corrected chi connectivity index (χ0v) is 12.4. The van der Waals surface area contributed by atoms with E-state index in [9.17, 15) is 0 Å². The first-order valence-electron chi connectivity index (χ1n) is 7.45. The van der Waals surface area contributed by atoms with Crippen molar-refractivity contribution in [2.24, 2.45) is 11.7 Å². The molecule has 4 heteroatoms. The molecule has 0 amide bonds. The van der Waals surface area contributed by atoms with Crippen LogP contribution in [0.5, 0.6) is 5.75 Å². The predicted octanol–water partition coefficient (Wildman–Crippen LogP) is 1.88. The van der Waals surface area contributed by atoms with Gasteiger partial charge >= 0.3 is 0 Å². The Balaban J connectivity index is 1.62. The molecule has 4 nitrogen and oxygen atoms in total. The third kappa shape index (κ3) is 4.78. The lowest BCUT2D eigenvalue weighted by atomic mass is 10.1. The highest BCUT2D eigenvalue weighted by atomic mass is 16.5. The fourth-order valence-electron chi connectivity index (χ4n) is 2.73. The van der Waals surface area contributed by atoms with E-state index in [2.05, 4.69) is 4.90 Å². The quantitative estimate of drug-likeness (QED) is 0.738. The molecule has 1 atom stereocenters. The van der Waals surface area contributed by atoms with Crippen molar-refractivity contribution in [2.45, 2.75) is 19.4 Å². The first-order valence-corrected chi connectivity index (χ1v) is 7.45. The van der Waals surface area contributed by atoms with Gasteiger partial charge in [-0.05, 0) is 43.0 Å². The Bertz CT molecular complexity index is 398. The Morgan fingerprint density at radius 2 is 2.30 bits per heavy atom. The monoisotopic (exact) mass is 278 g/mol. The molecule has 0 bridgehead atoms. The predicted molar refractivity (Wildman–Crippen MR) is 80.9 cm³/mol. The number of hydrogen-bond acceptors (Lipinski definition) is 4. The van der Waals surface area contributed by atoms with Gasteiger partial charge in [0, 0.05) is 26.7 Å². The molecule has 1 fully saturated rings. The van der Waals surface area contributed by atoms with Gasteiger partial charge in [-0.1, -0.05) is 12.1 Å². The molecule has 1 unspecified atom stereocenters. The van der Waals surface area contributed by atoms with Gasteiger partial charge in [-0.25, -0.2) is 0 Å². The minimum atomic E-state index is 0.561. The normalized spacial score (nSPS) is 19.4. The third-order valence-electron chi connectivity index (χ3n) is 3.79. The number of nitrogens with two attached hydrogens (primary N) is 1. The van der Waals surface area contributed by atoms with E-state index in [1.807, 2.05) is 24.3 Å². The van der Waals surface area contributed by atoms with Crippen molar-refractivity contribution in [3.8, 4) is 5.75 Å². The van der Waals surface area contributed by atoms with Crippen molar-refractivity contribution >= 4 is 0 Å². The van der Waals surface area contributed by atoms with E-state index in [1.54, 1.807) is 7.11 Å². The lowest BCUT2D eigenvalue weighted by molar-refractivity contribution is 0.152. The second kappa shape index (κ2) is 8.25. The van der Waals surface area contributed by atoms with Crippen LogP contribution in [-0.2, 0) is 11.3 Å². The van der Waals surface area contributed by atoms with Gasteiger partial charge in [-0.3, -0.25) is 0 Å². The number of likely N-dealkylation sites (tertiary alicyclic amines) is 1. The fraction of sp³-hybridized carbons (Fsp3) is 0.625. The smallest absolute Gasteiger partial charge is 0.119 e. The van der Waals surface area contributed by atoms with Crippen LogP contribution in [0.3, 0.4) is 0 Å². The summed E-state index contributed by atoms with van der Waals surface area (Å²) in [6.07, 6.45) is 2.32. The van der Waals surface area contributed by atoms with Gasteiger partial charge in [0.15, 0.2) is 0 Å². The van der Waals surface area contributed by atoms with Gasteiger partial charge in [0.2, 0.25) is 0 Å². The van der Waals surface area contributed by atoms with Crippen LogP contribution in [0.4, 0.5) is 0 Å². The molecule has 2 rings (SSSR count). The number of hydrogen-bond donors (Lipinski definition) is 1. The van der Waals surface area contributed by atoms with Crippen molar-refractivity contribution in [3.63, 3.8) is 0 Å². The molecule has 1 heterocycles. The highest BCUT2D eigenvalue weighted by Crippen LogP contribution is 2.17. The minimum absolute atomic E-state index is 0.561. The first-order chi connectivity index (χ1) is 9.81. The van der Waals surface area contributed by atoms with Crippen LogP contribution < -0.4 is 10.5 Å². The maximum atomic E-state index is 5.78. The van der Waals surface area contributed by atoms with Crippen molar-refractivity contribution in [2.75, 3.05) is 40.0 Å². The zero-order valence-electron chi connectivity index (χ0n) is 12.4. The largest absolute Gasteiger partial charge is 0.494 e. The highest BCUT2D eigenvalue weighted by molar-refractivity contribution is 5.28. The average Bonchev–Trinajstić information content (AvgIpc) is 2.92. The Hall–Kier alpha value is -1.10. The molecule has 0 radical (unpaired) electrons. The Labute approximate surface area is 121 Å². The van der Waals surface area contributed by atoms with E-state index >= 15 is 0 Å². The van der Waals surface area contributed by atoms with Gasteiger partial charge in [0.1, 0.15) is 5.75 Å². The van der Waals surface area contributed by atoms with E-state index in [4.69, 9.17) is 15.2 Å². The number of methoxy groups -OCH3 is 1. The van der Waals surface area contributed by atoms with Crippen LogP contribution in [0.1, 0.15) is 18.4 Å². The van der Waals surface area contributed by atoms with Crippen LogP contribution in [0.2, 0.25) is 0 Å². The standard InChI is InChI=1S/C16H26N2O2/c1-19-13-15-6-8-18(12-15)7-3-9-20-16-5-2-4-14(10-16)11-17/h2,4-5,10,15H,3,6-9,11-13,17H2,1H3. The summed E-state index contributed by atoms with van der Waals surface area (Å²) in [7, 11) is 1.78. The third-order valence-corrected chi connectivity index (χ3v) is 3.79. The molecule has 0 aliphatic carbocycles. The summed E-state index contributed by atoms with van der Waals surface area (Å²) in [5.41, 5.74) is 6.74. The maximum absolute atomic E-state index is 5.78. The first kappa shape index (κ1) is 15.3. The summed E-state index contributed by atoms with van der Waals surface area (Å²) in [5.74, 6) is 1.63. The zero-order chi connectivity index (χ0) is 14.2. The summed E-state index contributed by atoms with van der Waals surface area (Å²) in [5, 5.41) is 0. The molecular formula is C16H26N2O2. The molecule has 0 spiro atoms. The van der Waals surface area contributed by atoms with Gasteiger partial charge in [0.05, 0.1) is 13.2 Å². The van der Waals surface area contributed by atoms with Gasteiger partial charge < -0.3 is 20.1 Å². The SMILES string of the molecule is COCC1CCN(CCCOc2cccc(CN)c2)C1. The molecule has 2 N–H and O–H groups in total. The molecule has 1 aromatic rings. The summed E-state index contributed by atoms with van der Waals surface area (Å²) in [4.78, 5) is 2.50. The molecule has 0 aromatic heterocycles. The van der Waals surface area contributed by atoms with E-state index in [0.717, 1.165) is 44.0 Å². The molecule has 1 saturated heterocycles. The molecule has 0 saturated carbocycles. The van der Waals surface area contributed by atoms with Crippen LogP contribution in [0, 0.1) is 5.92 Å². The fourth-order valence-corrected chi connectivity index (χ4v) is 2.73. The molecule has 1 aliphatic heterocycles. The summed E-state index contributed by atoms with van der Waals surface area (Å²) < 4.78 is 11.0. The Kier molecular flexibility index (Phi) is 6.30. The van der Waals surface area contributed by atoms with Crippen LogP contribution in [-0.4, -0.2) is 44.9 Å². The topological polar surface area (TPSA) is 47.7 Å². The van der Waals surface area contributed by atoms with Crippen molar-refractivity contribution in [1.82, 2.24) is 4.90 Å². The summed E-state index contributed by atoms with van der Waals surface area (Å²) >= 11 is 0. The minimum Gasteiger partial charge on any atom is -0.494 e. The number of rotatable bonds is 8. The molecule has 1 aliphatic rings. The van der Waals surface area contributed by atoms with E-state index in [-0.39, 0.29) is 0 Å². The van der Waals surface area contributed by atoms with E-state index in [1.165, 1.54) is 13.0 Å². The second-order valence-corrected chi connectivity index (χ2v) is 5.46. The molecule has 1 aromatic carbocycles. The second-order valence-electron chi connectivity index (χ2n) is 5.46. The maximum Gasteiger partial charge on any atom is 0.119 e. The lowest BCUT2D eigenvalue weighted by Crippen LogP contribution is -2.24. The van der Waals surface area contributed by atoms with Crippen LogP contribution in [0.25, 0.3) is 0 Å². The van der Waals surface area contributed by atoms with E-state index in [0.29, 0.717) is 12.5 Å². The van der Waals surface area contributed by atoms with Gasteiger partial charge in [-0.15, -0.1) is 0 Å². The Morgan fingerprint density at radius 1 is 1.40 bits per heavy atom. The van der Waals surface area contributed by atoms with Gasteiger partial charge in [-0.2, -0.15) is 0 Å². The highest BCUT2D eigenvalue weighted by Gasteiger charge is 2.21. The van der Waals surface area contributed by atoms with Crippen LogP contribution >= 0.6 is 0 Å². The lowest BCUT2D eigenvalue weighted by Gasteiger charge is -2.16. The molecule has 112 valence electrons. The Morgan fingerprint density at radius 3 is 3.10 bits per heavy atom. The number of benzene rings is 1. The summed E-state index contributed by atoms with van der Waals surface area (Å²) in [6, 6.07) is 8.02. The van der Waals surface area contributed by atoms with Gasteiger partial charge in [0.25, 0.3) is 0 Å². The van der Waals surface area contributed by atoms with E-state index < -0.39 is 0 Å². The van der Waals surface area contributed by atoms with Crippen molar-refractivity contribution < 1.29 is 9.47 Å². The average molecular weight is 278 g/mol. The number of nitrogens with zero attached hydrogens (tertiary/aromatic N) is 1. The summed E-state index contributed by atoms with van der Waals surface area (Å²) in [6.45, 7) is 5.67.